The Morgan fingerprint density at radius 1 is 0.528 bits per heavy atom. The highest BCUT2D eigenvalue weighted by Crippen LogP contribution is 2.45. The summed E-state index contributed by atoms with van der Waals surface area (Å²) >= 11 is 0. The molecule has 1 fully saturated rings. The molecule has 184 valence electrons. The molecule has 4 heteroatoms. The third-order valence-corrected chi connectivity index (χ3v) is 27.4. The topological polar surface area (TPSA) is 18.5 Å². The Morgan fingerprint density at radius 2 is 0.917 bits per heavy atom. The molecule has 1 aliphatic heterocycles. The highest BCUT2D eigenvalue weighted by molar-refractivity contribution is 7.55. The predicted octanol–water partition coefficient (Wildman–Crippen LogP) is 5.99. The molecule has 1 heterocycles. The van der Waals surface area contributed by atoms with Gasteiger partial charge in [-0.05, 0) is 50.2 Å². The Bertz CT molecular complexity index is 1200. The zero-order chi connectivity index (χ0) is 25.2. The van der Waals surface area contributed by atoms with Crippen molar-refractivity contribution in [2.45, 2.75) is 38.0 Å². The molecule has 0 aliphatic carbocycles. The fourth-order valence-corrected chi connectivity index (χ4v) is 26.5. The fourth-order valence-electron chi connectivity index (χ4n) is 6.28. The fraction of sp³-hybridized carbons (Fsp3) is 0.250. The van der Waals surface area contributed by atoms with Crippen molar-refractivity contribution in [3.05, 3.63) is 119 Å². The molecule has 5 rings (SSSR count). The summed E-state index contributed by atoms with van der Waals surface area (Å²) in [5.41, 5.74) is 5.57. The van der Waals surface area contributed by atoms with Gasteiger partial charge in [0.15, 0.2) is 0 Å². The van der Waals surface area contributed by atoms with Crippen molar-refractivity contribution >= 4 is 25.6 Å². The Morgan fingerprint density at radius 3 is 1.22 bits per heavy atom. The second kappa shape index (κ2) is 10.1. The zero-order valence-electron chi connectivity index (χ0n) is 21.9. The van der Waals surface area contributed by atoms with Gasteiger partial charge < -0.3 is 9.47 Å². The number of hydrogen-bond acceptors (Lipinski definition) is 2. The van der Waals surface area contributed by atoms with Gasteiger partial charge in [0.2, 0.25) is 0 Å². The molecule has 0 atom stereocenters. The van der Waals surface area contributed by atoms with Gasteiger partial charge in [0.25, 0.3) is 0 Å². The quantitative estimate of drug-likeness (QED) is 0.272. The van der Waals surface area contributed by atoms with Crippen LogP contribution in [0.3, 0.4) is 0 Å². The summed E-state index contributed by atoms with van der Waals surface area (Å²) in [6, 6.07) is 42.0. The van der Waals surface area contributed by atoms with Crippen LogP contribution < -0.4 is 19.8 Å². The van der Waals surface area contributed by atoms with E-state index in [4.69, 9.17) is 9.47 Å². The molecular weight excluding hydrogens is 473 g/mol. The minimum absolute atomic E-state index is 0.929. The van der Waals surface area contributed by atoms with Gasteiger partial charge in [-0.1, -0.05) is 118 Å². The van der Waals surface area contributed by atoms with Crippen molar-refractivity contribution < 1.29 is 9.47 Å². The van der Waals surface area contributed by atoms with Crippen molar-refractivity contribution in [1.82, 2.24) is 0 Å². The first-order valence-electron chi connectivity index (χ1n) is 12.9. The van der Waals surface area contributed by atoms with E-state index < -0.39 is 15.2 Å². The summed E-state index contributed by atoms with van der Waals surface area (Å²) in [5, 5.41) is 3.24. The molecule has 2 nitrogen and oxygen atoms in total. The maximum atomic E-state index is 5.47. The molecule has 0 unspecified atom stereocenters. The monoisotopic (exact) mass is 508 g/mol. The van der Waals surface area contributed by atoms with Gasteiger partial charge in [-0.3, -0.25) is 0 Å². The summed E-state index contributed by atoms with van der Waals surface area (Å²) in [5.74, 6) is 1.86. The summed E-state index contributed by atoms with van der Waals surface area (Å²) in [6.07, 6.45) is 0. The van der Waals surface area contributed by atoms with Crippen LogP contribution in [-0.2, 0) is 12.1 Å². The summed E-state index contributed by atoms with van der Waals surface area (Å²) in [7, 11) is -0.285. The van der Waals surface area contributed by atoms with Gasteiger partial charge in [-0.25, -0.2) is 0 Å². The van der Waals surface area contributed by atoms with Crippen LogP contribution in [-0.4, -0.2) is 29.4 Å². The van der Waals surface area contributed by atoms with E-state index in [-0.39, 0.29) is 0 Å². The third kappa shape index (κ3) is 4.44. The van der Waals surface area contributed by atoms with Gasteiger partial charge in [0.1, 0.15) is 19.1 Å². The van der Waals surface area contributed by atoms with E-state index in [1.165, 1.54) is 46.4 Å². The van der Waals surface area contributed by atoms with Crippen LogP contribution in [0.25, 0.3) is 0 Å². The highest BCUT2D eigenvalue weighted by atomic mass is 29.3. The van der Waals surface area contributed by atoms with Crippen molar-refractivity contribution in [1.29, 1.82) is 0 Å². The standard InChI is InChI=1S/C32H36O2Si2/c1-25-5-17-31(18-6-25)36(32-19-7-26(2)8-20-32)22-21-35(36,23-27-9-13-29(33-3)14-10-27)24-28-11-15-30(34-4)16-12-28/h5-20H,21-24H2,1-4H3. The Balaban J connectivity index is 1.66. The largest absolute Gasteiger partial charge is 0.497 e. The van der Waals surface area contributed by atoms with E-state index in [1.807, 2.05) is 0 Å². The molecule has 0 bridgehead atoms. The van der Waals surface area contributed by atoms with Crippen molar-refractivity contribution in [2.75, 3.05) is 14.2 Å². The lowest BCUT2D eigenvalue weighted by molar-refractivity contribution is 0.414. The van der Waals surface area contributed by atoms with Gasteiger partial charge in [-0.15, -0.1) is 0 Å². The van der Waals surface area contributed by atoms with Crippen molar-refractivity contribution in [3.8, 4) is 11.5 Å². The summed E-state index contributed by atoms with van der Waals surface area (Å²) in [6.45, 7) is 4.40. The maximum Gasteiger partial charge on any atom is 0.118 e. The van der Waals surface area contributed by atoms with E-state index in [1.54, 1.807) is 24.6 Å². The zero-order valence-corrected chi connectivity index (χ0v) is 23.9. The maximum absolute atomic E-state index is 5.47. The minimum Gasteiger partial charge on any atom is -0.497 e. The molecule has 1 saturated heterocycles. The number of hydrogen-bond donors (Lipinski definition) is 0. The van der Waals surface area contributed by atoms with Gasteiger partial charge in [0.05, 0.1) is 21.8 Å². The summed E-state index contributed by atoms with van der Waals surface area (Å²) < 4.78 is 10.9. The minimum atomic E-state index is -1.95. The highest BCUT2D eigenvalue weighted by Gasteiger charge is 2.63. The molecule has 0 amide bonds. The molecule has 0 radical (unpaired) electrons. The first-order valence-corrected chi connectivity index (χ1v) is 18.7. The number of methoxy groups -OCH3 is 2. The smallest absolute Gasteiger partial charge is 0.118 e. The number of ether oxygens (including phenoxy) is 2. The molecule has 0 N–H and O–H groups in total. The number of aryl methyl sites for hydroxylation is 2. The molecule has 1 aliphatic rings. The van der Waals surface area contributed by atoms with E-state index in [2.05, 4.69) is 111 Å². The molecule has 4 aromatic rings. The van der Waals surface area contributed by atoms with Crippen LogP contribution in [0, 0.1) is 13.8 Å². The van der Waals surface area contributed by atoms with Gasteiger partial charge in [-0.2, -0.15) is 0 Å². The first-order chi connectivity index (χ1) is 17.5. The van der Waals surface area contributed by atoms with Crippen LogP contribution in [0.2, 0.25) is 12.1 Å². The average Bonchev–Trinajstić information content (AvgIpc) is 2.91. The number of rotatable bonds is 8. The molecule has 0 spiro atoms. The molecule has 36 heavy (non-hydrogen) atoms. The normalized spacial score (nSPS) is 15.7. The van der Waals surface area contributed by atoms with Crippen molar-refractivity contribution in [3.63, 3.8) is 0 Å². The Kier molecular flexibility index (Phi) is 6.91. The van der Waals surface area contributed by atoms with E-state index in [0.29, 0.717) is 0 Å². The average molecular weight is 509 g/mol. The third-order valence-electron chi connectivity index (χ3n) is 8.38. The summed E-state index contributed by atoms with van der Waals surface area (Å²) in [4.78, 5) is 0. The van der Waals surface area contributed by atoms with Crippen LogP contribution in [0.5, 0.6) is 11.5 Å². The van der Waals surface area contributed by atoms with E-state index in [0.717, 1.165) is 11.5 Å². The Hall–Kier alpha value is -3.09. The van der Waals surface area contributed by atoms with Crippen LogP contribution in [0.4, 0.5) is 0 Å². The lowest BCUT2D eigenvalue weighted by atomic mass is 10.2. The molecule has 4 aromatic carbocycles. The Labute approximate surface area is 217 Å². The predicted molar refractivity (Wildman–Crippen MR) is 156 cm³/mol. The van der Waals surface area contributed by atoms with Crippen molar-refractivity contribution in [2.24, 2.45) is 0 Å². The first kappa shape index (κ1) is 24.6. The molecule has 0 aromatic heterocycles. The second-order valence-electron chi connectivity index (χ2n) is 10.5. The van der Waals surface area contributed by atoms with E-state index >= 15 is 0 Å². The lowest BCUT2D eigenvalue weighted by Crippen LogP contribution is -2.84. The lowest BCUT2D eigenvalue weighted by Gasteiger charge is -2.58. The van der Waals surface area contributed by atoms with Gasteiger partial charge in [0, 0.05) is 0 Å². The number of benzene rings is 4. The second-order valence-corrected chi connectivity index (χ2v) is 23.4. The van der Waals surface area contributed by atoms with Crippen LogP contribution in [0.1, 0.15) is 22.3 Å². The van der Waals surface area contributed by atoms with Crippen LogP contribution >= 0.6 is 0 Å². The van der Waals surface area contributed by atoms with E-state index in [9.17, 15) is 0 Å². The van der Waals surface area contributed by atoms with Crippen LogP contribution in [0.15, 0.2) is 97.1 Å². The SMILES string of the molecule is COc1ccc(C[Si]2(Cc3ccc(OC)cc3)CC[Si]2(c2ccc(C)cc2)c2ccc(C)cc2)cc1. The molecular formula is C32H36O2Si2. The molecule has 0 saturated carbocycles. The van der Waals surface area contributed by atoms with Gasteiger partial charge >= 0.3 is 0 Å².